The molecule has 2 N–H and O–H groups in total. The summed E-state index contributed by atoms with van der Waals surface area (Å²) in [6.45, 7) is 1.70. The highest BCUT2D eigenvalue weighted by Gasteiger charge is 2.16. The minimum Gasteiger partial charge on any atom is -0.355 e. The lowest BCUT2D eigenvalue weighted by molar-refractivity contribution is -0.907. The van der Waals surface area contributed by atoms with E-state index < -0.39 is 0 Å². The third kappa shape index (κ3) is 4.90. The van der Waals surface area contributed by atoms with Gasteiger partial charge in [-0.05, 0) is 24.3 Å². The van der Waals surface area contributed by atoms with Crippen molar-refractivity contribution in [2.75, 3.05) is 14.1 Å². The number of hydrogen-bond acceptors (Lipinski definition) is 2. The van der Waals surface area contributed by atoms with Crippen LogP contribution in [0, 0.1) is 0 Å². The van der Waals surface area contributed by atoms with Crippen LogP contribution in [0.15, 0.2) is 91.1 Å². The second-order valence-electron chi connectivity index (χ2n) is 7.74. The second kappa shape index (κ2) is 9.41. The monoisotopic (exact) mass is 411 g/mol. The van der Waals surface area contributed by atoms with Gasteiger partial charge in [-0.25, -0.2) is 4.68 Å². The highest BCUT2D eigenvalue weighted by molar-refractivity contribution is 5.93. The summed E-state index contributed by atoms with van der Waals surface area (Å²) in [4.78, 5) is 13.1. The first-order chi connectivity index (χ1) is 15.1. The maximum atomic E-state index is 11.8. The molecule has 5 heteroatoms. The van der Waals surface area contributed by atoms with Crippen LogP contribution in [0.3, 0.4) is 0 Å². The van der Waals surface area contributed by atoms with E-state index in [1.807, 2.05) is 65.3 Å². The van der Waals surface area contributed by atoms with Gasteiger partial charge in [-0.1, -0.05) is 60.7 Å². The van der Waals surface area contributed by atoms with Gasteiger partial charge in [-0.15, -0.1) is 0 Å². The molecule has 1 unspecified atom stereocenters. The zero-order valence-electron chi connectivity index (χ0n) is 17.9. The number of carbonyl (C=O) groups is 1. The molecule has 0 aliphatic rings. The fourth-order valence-corrected chi connectivity index (χ4v) is 3.75. The number of para-hydroxylation sites is 1. The van der Waals surface area contributed by atoms with Gasteiger partial charge in [0.2, 0.25) is 0 Å². The van der Waals surface area contributed by atoms with Crippen molar-refractivity contribution in [2.45, 2.75) is 13.1 Å². The molecule has 4 rings (SSSR count). The van der Waals surface area contributed by atoms with Crippen molar-refractivity contribution in [1.29, 1.82) is 0 Å². The van der Waals surface area contributed by atoms with E-state index >= 15 is 0 Å². The molecule has 0 fully saturated rings. The molecule has 0 saturated heterocycles. The van der Waals surface area contributed by atoms with E-state index in [4.69, 9.17) is 5.10 Å². The standard InChI is InChI=1S/C26H26N4O/c1-27-26(31)22-15-13-20(14-16-22)17-29(2)18-23-19-30(24-11-7-4-8-12-24)28-25(23)21-9-5-3-6-10-21/h3-16,19H,17-18H2,1-2H3,(H,27,31)/p+1. The van der Waals surface area contributed by atoms with Crippen molar-refractivity contribution in [2.24, 2.45) is 0 Å². The number of nitrogens with one attached hydrogen (secondary N) is 2. The normalized spacial score (nSPS) is 11.8. The van der Waals surface area contributed by atoms with Crippen LogP contribution in [0.5, 0.6) is 0 Å². The van der Waals surface area contributed by atoms with Crippen LogP contribution in [0.2, 0.25) is 0 Å². The number of rotatable bonds is 7. The fourth-order valence-electron chi connectivity index (χ4n) is 3.75. The van der Waals surface area contributed by atoms with Crippen LogP contribution in [0.4, 0.5) is 0 Å². The van der Waals surface area contributed by atoms with E-state index in [0.717, 1.165) is 30.0 Å². The Hall–Kier alpha value is -3.70. The molecule has 1 aromatic heterocycles. The van der Waals surface area contributed by atoms with Gasteiger partial charge in [-0.3, -0.25) is 4.79 Å². The van der Waals surface area contributed by atoms with Gasteiger partial charge in [0.15, 0.2) is 0 Å². The molecule has 1 heterocycles. The average molecular weight is 412 g/mol. The zero-order valence-corrected chi connectivity index (χ0v) is 17.9. The summed E-state index contributed by atoms with van der Waals surface area (Å²) in [5, 5.41) is 7.57. The Morgan fingerprint density at radius 1 is 0.903 bits per heavy atom. The SMILES string of the molecule is CNC(=O)c1ccc(C[NH+](C)Cc2cn(-c3ccccc3)nc2-c2ccccc2)cc1. The van der Waals surface area contributed by atoms with Crippen LogP contribution in [-0.4, -0.2) is 29.8 Å². The van der Waals surface area contributed by atoms with E-state index in [1.165, 1.54) is 16.0 Å². The van der Waals surface area contributed by atoms with Crippen molar-refractivity contribution in [3.63, 3.8) is 0 Å². The Morgan fingerprint density at radius 2 is 1.55 bits per heavy atom. The summed E-state index contributed by atoms with van der Waals surface area (Å²) in [7, 11) is 3.83. The van der Waals surface area contributed by atoms with Crippen LogP contribution in [-0.2, 0) is 13.1 Å². The average Bonchev–Trinajstić information content (AvgIpc) is 3.24. The lowest BCUT2D eigenvalue weighted by Crippen LogP contribution is -3.06. The Kier molecular flexibility index (Phi) is 6.24. The van der Waals surface area contributed by atoms with E-state index in [9.17, 15) is 4.79 Å². The first-order valence-corrected chi connectivity index (χ1v) is 10.5. The Morgan fingerprint density at radius 3 is 2.19 bits per heavy atom. The van der Waals surface area contributed by atoms with Gasteiger partial charge < -0.3 is 10.2 Å². The van der Waals surface area contributed by atoms with Gasteiger partial charge >= 0.3 is 0 Å². The Bertz CT molecular complexity index is 1140. The lowest BCUT2D eigenvalue weighted by Gasteiger charge is -2.14. The molecular formula is C26H27N4O+. The van der Waals surface area contributed by atoms with Gasteiger partial charge in [-0.2, -0.15) is 5.10 Å². The molecule has 1 amide bonds. The van der Waals surface area contributed by atoms with E-state index in [2.05, 4.69) is 42.8 Å². The molecular weight excluding hydrogens is 384 g/mol. The zero-order chi connectivity index (χ0) is 21.6. The van der Waals surface area contributed by atoms with Gasteiger partial charge in [0, 0.05) is 29.9 Å². The molecule has 5 nitrogen and oxygen atoms in total. The second-order valence-corrected chi connectivity index (χ2v) is 7.74. The number of amides is 1. The quantitative estimate of drug-likeness (QED) is 0.491. The van der Waals surface area contributed by atoms with E-state index in [1.54, 1.807) is 7.05 Å². The number of nitrogens with zero attached hydrogens (tertiary/aromatic N) is 2. The van der Waals surface area contributed by atoms with Crippen molar-refractivity contribution >= 4 is 5.91 Å². The van der Waals surface area contributed by atoms with Crippen LogP contribution >= 0.6 is 0 Å². The third-order valence-electron chi connectivity index (χ3n) is 5.30. The van der Waals surface area contributed by atoms with Crippen LogP contribution in [0.25, 0.3) is 16.9 Å². The molecule has 0 spiro atoms. The van der Waals surface area contributed by atoms with Crippen LogP contribution < -0.4 is 10.2 Å². The largest absolute Gasteiger partial charge is 0.355 e. The summed E-state index contributed by atoms with van der Waals surface area (Å²) in [6.07, 6.45) is 2.13. The van der Waals surface area contributed by atoms with Gasteiger partial charge in [0.05, 0.1) is 18.3 Å². The number of quaternary nitrogens is 1. The Balaban J connectivity index is 1.56. The number of carbonyl (C=O) groups excluding carboxylic acids is 1. The summed E-state index contributed by atoms with van der Waals surface area (Å²) in [5.74, 6) is -0.0620. The van der Waals surface area contributed by atoms with Crippen molar-refractivity contribution < 1.29 is 9.69 Å². The first-order valence-electron chi connectivity index (χ1n) is 10.5. The van der Waals surface area contributed by atoms with E-state index in [0.29, 0.717) is 5.56 Å². The lowest BCUT2D eigenvalue weighted by atomic mass is 10.1. The van der Waals surface area contributed by atoms with E-state index in [-0.39, 0.29) is 5.91 Å². The molecule has 31 heavy (non-hydrogen) atoms. The molecule has 4 aromatic rings. The summed E-state index contributed by atoms with van der Waals surface area (Å²) in [5.41, 5.74) is 6.26. The van der Waals surface area contributed by atoms with Gasteiger partial charge in [0.25, 0.3) is 5.91 Å². The molecule has 3 aromatic carbocycles. The van der Waals surface area contributed by atoms with Crippen molar-refractivity contribution in [3.8, 4) is 16.9 Å². The molecule has 0 saturated carbocycles. The van der Waals surface area contributed by atoms with Crippen molar-refractivity contribution in [1.82, 2.24) is 15.1 Å². The predicted octanol–water partition coefficient (Wildman–Crippen LogP) is 3.11. The fraction of sp³-hybridized carbons (Fsp3) is 0.154. The van der Waals surface area contributed by atoms with Crippen molar-refractivity contribution in [3.05, 3.63) is 108 Å². The smallest absolute Gasteiger partial charge is 0.251 e. The maximum absolute atomic E-state index is 11.8. The van der Waals surface area contributed by atoms with Gasteiger partial charge in [0.1, 0.15) is 18.8 Å². The summed E-state index contributed by atoms with van der Waals surface area (Å²) in [6, 6.07) is 28.3. The number of hydrogen-bond donors (Lipinski definition) is 2. The maximum Gasteiger partial charge on any atom is 0.251 e. The molecule has 0 aliphatic carbocycles. The minimum atomic E-state index is -0.0620. The highest BCUT2D eigenvalue weighted by atomic mass is 16.1. The summed E-state index contributed by atoms with van der Waals surface area (Å²) >= 11 is 0. The summed E-state index contributed by atoms with van der Waals surface area (Å²) < 4.78 is 1.96. The Labute approximate surface area is 183 Å². The number of aromatic nitrogens is 2. The molecule has 0 bridgehead atoms. The molecule has 1 atom stereocenters. The minimum absolute atomic E-state index is 0.0620. The molecule has 156 valence electrons. The third-order valence-corrected chi connectivity index (χ3v) is 5.30. The predicted molar refractivity (Wildman–Crippen MR) is 123 cm³/mol. The first kappa shape index (κ1) is 20.6. The molecule has 0 aliphatic heterocycles. The molecule has 0 radical (unpaired) electrons. The topological polar surface area (TPSA) is 51.4 Å². The number of benzene rings is 3. The van der Waals surface area contributed by atoms with Crippen LogP contribution in [0.1, 0.15) is 21.5 Å². The highest BCUT2D eigenvalue weighted by Crippen LogP contribution is 2.23.